The molecule has 0 radical (unpaired) electrons. The minimum atomic E-state index is 0.235. The molecule has 0 heterocycles. The molecule has 0 saturated heterocycles. The highest BCUT2D eigenvalue weighted by Gasteiger charge is 2.40. The van der Waals surface area contributed by atoms with Gasteiger partial charge in [0.1, 0.15) is 0 Å². The zero-order valence-electron chi connectivity index (χ0n) is 13.1. The van der Waals surface area contributed by atoms with Gasteiger partial charge in [-0.2, -0.15) is 0 Å². The van der Waals surface area contributed by atoms with Crippen molar-refractivity contribution in [3.8, 4) is 0 Å². The van der Waals surface area contributed by atoms with Crippen LogP contribution in [0.25, 0.3) is 0 Å². The van der Waals surface area contributed by atoms with Crippen molar-refractivity contribution in [1.29, 1.82) is 0 Å². The van der Waals surface area contributed by atoms with E-state index < -0.39 is 0 Å². The third-order valence-corrected chi connectivity index (χ3v) is 5.56. The number of hydrogen-bond acceptors (Lipinski definition) is 1. The van der Waals surface area contributed by atoms with Crippen LogP contribution in [0.4, 0.5) is 0 Å². The molecule has 1 aromatic carbocycles. The molecule has 1 nitrogen and oxygen atoms in total. The molecule has 0 spiro atoms. The van der Waals surface area contributed by atoms with Gasteiger partial charge in [0.15, 0.2) is 0 Å². The van der Waals surface area contributed by atoms with E-state index in [1.54, 1.807) is 11.1 Å². The topological polar surface area (TPSA) is 26.0 Å². The summed E-state index contributed by atoms with van der Waals surface area (Å²) in [5, 5.41) is 0. The second-order valence-electron chi connectivity index (χ2n) is 7.53. The van der Waals surface area contributed by atoms with E-state index in [1.807, 2.05) is 0 Å². The molecule has 1 fully saturated rings. The summed E-state index contributed by atoms with van der Waals surface area (Å²) in [6.07, 6.45) is 10.5. The maximum atomic E-state index is 6.78. The van der Waals surface area contributed by atoms with Crippen LogP contribution in [0, 0.1) is 11.3 Å². The SMILES string of the molecule is CC(C)CC1(C(N)c2ccc3c(c2)CCC3)CCCC1. The van der Waals surface area contributed by atoms with Gasteiger partial charge in [0.25, 0.3) is 0 Å². The Kier molecular flexibility index (Phi) is 3.90. The zero-order valence-corrected chi connectivity index (χ0v) is 13.1. The van der Waals surface area contributed by atoms with Gasteiger partial charge in [0.2, 0.25) is 0 Å². The van der Waals surface area contributed by atoms with E-state index >= 15 is 0 Å². The quantitative estimate of drug-likeness (QED) is 0.837. The van der Waals surface area contributed by atoms with Crippen molar-refractivity contribution in [2.75, 3.05) is 0 Å². The standard InChI is InChI=1S/C19H29N/c1-14(2)13-19(10-3-4-11-19)18(20)17-9-8-15-6-5-7-16(15)12-17/h8-9,12,14,18H,3-7,10-11,13,20H2,1-2H3. The average molecular weight is 271 g/mol. The second kappa shape index (κ2) is 5.52. The molecule has 0 amide bonds. The highest BCUT2D eigenvalue weighted by atomic mass is 14.7. The molecule has 0 aromatic heterocycles. The molecule has 1 heteroatoms. The summed E-state index contributed by atoms with van der Waals surface area (Å²) in [5.74, 6) is 0.744. The van der Waals surface area contributed by atoms with Crippen LogP contribution in [0.2, 0.25) is 0 Å². The zero-order chi connectivity index (χ0) is 14.2. The number of benzene rings is 1. The van der Waals surface area contributed by atoms with Gasteiger partial charge < -0.3 is 5.73 Å². The minimum absolute atomic E-state index is 0.235. The normalized spacial score (nSPS) is 22.2. The summed E-state index contributed by atoms with van der Waals surface area (Å²) in [4.78, 5) is 0. The first kappa shape index (κ1) is 14.1. The number of nitrogens with two attached hydrogens (primary N) is 1. The molecule has 110 valence electrons. The van der Waals surface area contributed by atoms with Gasteiger partial charge in [-0.1, -0.05) is 44.9 Å². The third-order valence-electron chi connectivity index (χ3n) is 5.56. The van der Waals surface area contributed by atoms with Crippen LogP contribution in [0.15, 0.2) is 18.2 Å². The molecule has 0 aliphatic heterocycles. The lowest BCUT2D eigenvalue weighted by Crippen LogP contribution is -2.33. The smallest absolute Gasteiger partial charge is 0.0352 e. The highest BCUT2D eigenvalue weighted by Crippen LogP contribution is 2.50. The molecule has 1 saturated carbocycles. The second-order valence-corrected chi connectivity index (χ2v) is 7.53. The lowest BCUT2D eigenvalue weighted by atomic mass is 9.70. The molecule has 2 N–H and O–H groups in total. The van der Waals surface area contributed by atoms with E-state index in [-0.39, 0.29) is 6.04 Å². The summed E-state index contributed by atoms with van der Waals surface area (Å²) in [5.41, 5.74) is 11.7. The van der Waals surface area contributed by atoms with Gasteiger partial charge in [-0.3, -0.25) is 0 Å². The molecular formula is C19H29N. The number of hydrogen-bond donors (Lipinski definition) is 1. The Morgan fingerprint density at radius 3 is 2.45 bits per heavy atom. The van der Waals surface area contributed by atoms with Gasteiger partial charge in [-0.05, 0) is 66.5 Å². The Hall–Kier alpha value is -0.820. The van der Waals surface area contributed by atoms with Gasteiger partial charge in [-0.15, -0.1) is 0 Å². The predicted molar refractivity (Wildman–Crippen MR) is 85.8 cm³/mol. The summed E-state index contributed by atoms with van der Waals surface area (Å²) in [7, 11) is 0. The van der Waals surface area contributed by atoms with E-state index in [1.165, 1.54) is 56.9 Å². The van der Waals surface area contributed by atoms with Crippen molar-refractivity contribution in [1.82, 2.24) is 0 Å². The first-order chi connectivity index (χ1) is 9.61. The van der Waals surface area contributed by atoms with Gasteiger partial charge >= 0.3 is 0 Å². The lowest BCUT2D eigenvalue weighted by Gasteiger charge is -2.37. The Labute approximate surface area is 124 Å². The summed E-state index contributed by atoms with van der Waals surface area (Å²) < 4.78 is 0. The third kappa shape index (κ3) is 2.53. The fourth-order valence-electron chi connectivity index (χ4n) is 4.67. The largest absolute Gasteiger partial charge is 0.323 e. The van der Waals surface area contributed by atoms with E-state index in [0.717, 1.165) is 5.92 Å². The molecular weight excluding hydrogens is 242 g/mol. The number of fused-ring (bicyclic) bond motifs is 1. The van der Waals surface area contributed by atoms with Crippen molar-refractivity contribution in [2.45, 2.75) is 71.3 Å². The molecule has 3 rings (SSSR count). The van der Waals surface area contributed by atoms with E-state index in [0.29, 0.717) is 5.41 Å². The summed E-state index contributed by atoms with van der Waals surface area (Å²) in [6.45, 7) is 4.69. The van der Waals surface area contributed by atoms with Crippen molar-refractivity contribution >= 4 is 0 Å². The Balaban J connectivity index is 1.87. The molecule has 1 unspecified atom stereocenters. The fraction of sp³-hybridized carbons (Fsp3) is 0.684. The van der Waals surface area contributed by atoms with Crippen LogP contribution in [-0.2, 0) is 12.8 Å². The van der Waals surface area contributed by atoms with Gasteiger partial charge in [-0.25, -0.2) is 0 Å². The van der Waals surface area contributed by atoms with E-state index in [2.05, 4.69) is 32.0 Å². The average Bonchev–Trinajstić information content (AvgIpc) is 3.05. The maximum absolute atomic E-state index is 6.78. The molecule has 1 atom stereocenters. The van der Waals surface area contributed by atoms with E-state index in [9.17, 15) is 0 Å². The Morgan fingerprint density at radius 1 is 1.05 bits per heavy atom. The molecule has 2 aliphatic carbocycles. The fourth-order valence-corrected chi connectivity index (χ4v) is 4.67. The van der Waals surface area contributed by atoms with Crippen molar-refractivity contribution in [3.05, 3.63) is 34.9 Å². The maximum Gasteiger partial charge on any atom is 0.0352 e. The highest BCUT2D eigenvalue weighted by molar-refractivity contribution is 5.37. The lowest BCUT2D eigenvalue weighted by molar-refractivity contribution is 0.183. The van der Waals surface area contributed by atoms with Crippen LogP contribution in [0.3, 0.4) is 0 Å². The summed E-state index contributed by atoms with van der Waals surface area (Å²) >= 11 is 0. The monoisotopic (exact) mass is 271 g/mol. The first-order valence-corrected chi connectivity index (χ1v) is 8.48. The first-order valence-electron chi connectivity index (χ1n) is 8.48. The van der Waals surface area contributed by atoms with Crippen LogP contribution in [0.1, 0.15) is 75.1 Å². The van der Waals surface area contributed by atoms with Gasteiger partial charge in [0.05, 0.1) is 0 Å². The van der Waals surface area contributed by atoms with Crippen LogP contribution >= 0.6 is 0 Å². The van der Waals surface area contributed by atoms with Crippen LogP contribution < -0.4 is 5.73 Å². The van der Waals surface area contributed by atoms with Crippen molar-refractivity contribution < 1.29 is 0 Å². The van der Waals surface area contributed by atoms with E-state index in [4.69, 9.17) is 5.73 Å². The van der Waals surface area contributed by atoms with Crippen LogP contribution in [-0.4, -0.2) is 0 Å². The Bertz CT molecular complexity index is 469. The van der Waals surface area contributed by atoms with Crippen molar-refractivity contribution in [3.63, 3.8) is 0 Å². The van der Waals surface area contributed by atoms with Crippen LogP contribution in [0.5, 0.6) is 0 Å². The molecule has 2 aliphatic rings. The Morgan fingerprint density at radius 2 is 1.75 bits per heavy atom. The number of rotatable bonds is 4. The molecule has 20 heavy (non-hydrogen) atoms. The summed E-state index contributed by atoms with van der Waals surface area (Å²) in [6, 6.07) is 7.32. The number of aryl methyl sites for hydroxylation is 2. The molecule has 0 bridgehead atoms. The van der Waals surface area contributed by atoms with Crippen molar-refractivity contribution in [2.24, 2.45) is 17.1 Å². The molecule has 1 aromatic rings. The minimum Gasteiger partial charge on any atom is -0.323 e. The van der Waals surface area contributed by atoms with Gasteiger partial charge in [0, 0.05) is 6.04 Å². The predicted octanol–water partition coefficient (Wildman–Crippen LogP) is 4.78.